The Labute approximate surface area is 230 Å². The molecule has 3 N–H and O–H groups in total. The monoisotopic (exact) mass is 578 g/mol. The molecule has 0 fully saturated rings. The Kier molecular flexibility index (Phi) is 8.56. The molecule has 0 spiro atoms. The summed E-state index contributed by atoms with van der Waals surface area (Å²) in [4.78, 5) is 41.4. The van der Waals surface area contributed by atoms with E-state index in [0.29, 0.717) is 33.6 Å². The summed E-state index contributed by atoms with van der Waals surface area (Å²) < 4.78 is 32.3. The Bertz CT molecular complexity index is 1420. The van der Waals surface area contributed by atoms with Crippen molar-refractivity contribution in [2.75, 3.05) is 18.4 Å². The van der Waals surface area contributed by atoms with Crippen molar-refractivity contribution in [2.45, 2.75) is 25.7 Å². The first kappa shape index (κ1) is 28.1. The maximum atomic E-state index is 13.2. The highest BCUT2D eigenvalue weighted by atomic mass is 35.5. The van der Waals surface area contributed by atoms with Crippen LogP contribution in [0, 0.1) is 0 Å². The number of carbonyl (C=O) groups is 3. The van der Waals surface area contributed by atoms with Crippen LogP contribution in [0.5, 0.6) is 0 Å². The van der Waals surface area contributed by atoms with Crippen LogP contribution in [0.3, 0.4) is 0 Å². The van der Waals surface area contributed by atoms with Gasteiger partial charge in [0.05, 0.1) is 27.0 Å². The fraction of sp³-hybridized carbons (Fsp3) is 0.231. The molecule has 2 amide bonds. The molecule has 0 aliphatic carbocycles. The summed E-state index contributed by atoms with van der Waals surface area (Å²) in [6.07, 6.45) is -4.28. The second-order valence-corrected chi connectivity index (χ2v) is 10.3. The zero-order chi connectivity index (χ0) is 28.2. The number of nitrogens with one attached hydrogen (secondary N) is 2. The number of rotatable bonds is 6. The second kappa shape index (κ2) is 11.9. The van der Waals surface area contributed by atoms with Crippen molar-refractivity contribution in [2.24, 2.45) is 4.99 Å². The highest BCUT2D eigenvalue weighted by Gasteiger charge is 2.38. The van der Waals surface area contributed by atoms with Gasteiger partial charge in [-0.25, -0.2) is 4.79 Å². The van der Waals surface area contributed by atoms with E-state index < -0.39 is 12.1 Å². The Morgan fingerprint density at radius 2 is 1.79 bits per heavy atom. The van der Waals surface area contributed by atoms with E-state index in [0.717, 1.165) is 36.5 Å². The van der Waals surface area contributed by atoms with Crippen molar-refractivity contribution < 1.29 is 32.7 Å². The Morgan fingerprint density at radius 1 is 1.10 bits per heavy atom. The molecule has 0 atom stereocenters. The first-order valence-corrected chi connectivity index (χ1v) is 12.8. The van der Waals surface area contributed by atoms with Gasteiger partial charge in [0.25, 0.3) is 11.8 Å². The van der Waals surface area contributed by atoms with E-state index in [-0.39, 0.29) is 11.8 Å². The zero-order valence-electron chi connectivity index (χ0n) is 20.2. The topological polar surface area (TPSA) is 111 Å². The van der Waals surface area contributed by atoms with Crippen LogP contribution in [0.25, 0.3) is 0 Å². The van der Waals surface area contributed by atoms with Crippen LogP contribution in [-0.4, -0.2) is 52.9 Å². The minimum Gasteiger partial charge on any atom is -0.475 e. The van der Waals surface area contributed by atoms with Crippen LogP contribution in [0.4, 0.5) is 18.9 Å². The molecular formula is C26H22ClF3N4O4S. The number of fused-ring (bicyclic) bond motifs is 1. The van der Waals surface area contributed by atoms with Crippen molar-refractivity contribution in [1.82, 2.24) is 10.2 Å². The Balaban J connectivity index is 0.000000448. The lowest BCUT2D eigenvalue weighted by molar-refractivity contribution is -0.192. The van der Waals surface area contributed by atoms with E-state index >= 15 is 0 Å². The third kappa shape index (κ3) is 7.15. The molecular weight excluding hydrogens is 557 g/mol. The zero-order valence-corrected chi connectivity index (χ0v) is 21.8. The van der Waals surface area contributed by atoms with Gasteiger partial charge in [-0.1, -0.05) is 48.0 Å². The standard InChI is InChI=1S/C24H21ClN4O2S.C2HF3O2/c25-20-9-8-19(32-20)23(30)28-18-3-1-2-17-14-29(24(31)22(17)18)13-16-6-4-15(5-7-16)12-21-26-10-11-27-21;3-2(4,5)1(6)7/h1-9H,10-14H2,(H,26,27)(H,28,30);(H,6,7). The quantitative estimate of drug-likeness (QED) is 0.382. The molecule has 1 aromatic heterocycles. The van der Waals surface area contributed by atoms with E-state index in [1.165, 1.54) is 16.9 Å². The number of nitrogens with zero attached hydrogens (tertiary/aromatic N) is 2. The van der Waals surface area contributed by atoms with Crippen molar-refractivity contribution in [3.05, 3.63) is 86.1 Å². The molecule has 0 unspecified atom stereocenters. The number of halogens is 4. The average molecular weight is 579 g/mol. The predicted molar refractivity (Wildman–Crippen MR) is 141 cm³/mol. The maximum absolute atomic E-state index is 13.2. The van der Waals surface area contributed by atoms with E-state index in [9.17, 15) is 22.8 Å². The van der Waals surface area contributed by atoms with Gasteiger partial charge in [-0.3, -0.25) is 14.6 Å². The third-order valence-electron chi connectivity index (χ3n) is 5.81. The molecule has 13 heteroatoms. The molecule has 2 aliphatic heterocycles. The molecule has 8 nitrogen and oxygen atoms in total. The number of hydrogen-bond acceptors (Lipinski definition) is 6. The molecule has 5 rings (SSSR count). The number of aliphatic carboxylic acids is 1. The smallest absolute Gasteiger partial charge is 0.475 e. The summed E-state index contributed by atoms with van der Waals surface area (Å²) in [5.74, 6) is -2.07. The van der Waals surface area contributed by atoms with E-state index in [2.05, 4.69) is 39.9 Å². The summed E-state index contributed by atoms with van der Waals surface area (Å²) in [6.45, 7) is 2.79. The van der Waals surface area contributed by atoms with Crippen LogP contribution < -0.4 is 10.6 Å². The van der Waals surface area contributed by atoms with Gasteiger partial charge in [-0.05, 0) is 34.9 Å². The van der Waals surface area contributed by atoms with E-state index in [4.69, 9.17) is 21.5 Å². The van der Waals surface area contributed by atoms with Gasteiger partial charge < -0.3 is 20.6 Å². The highest BCUT2D eigenvalue weighted by molar-refractivity contribution is 7.18. The number of anilines is 1. The lowest BCUT2D eigenvalue weighted by atomic mass is 10.1. The van der Waals surface area contributed by atoms with Gasteiger partial charge >= 0.3 is 12.1 Å². The first-order chi connectivity index (χ1) is 18.5. The average Bonchev–Trinajstić information content (AvgIpc) is 3.62. The molecule has 0 radical (unpaired) electrons. The lowest BCUT2D eigenvalue weighted by Gasteiger charge is -2.16. The van der Waals surface area contributed by atoms with Gasteiger partial charge in [-0.2, -0.15) is 13.2 Å². The molecule has 39 heavy (non-hydrogen) atoms. The molecule has 0 saturated heterocycles. The van der Waals surface area contributed by atoms with Crippen molar-refractivity contribution >= 4 is 52.2 Å². The second-order valence-electron chi connectivity index (χ2n) is 8.61. The molecule has 204 valence electrons. The number of carboxylic acid groups (broad SMARTS) is 1. The molecule has 2 aromatic carbocycles. The van der Waals surface area contributed by atoms with Gasteiger partial charge in [0, 0.05) is 26.1 Å². The molecule has 3 heterocycles. The molecule has 3 aromatic rings. The normalized spacial score (nSPS) is 14.2. The number of aliphatic imine (C=N–C) groups is 1. The Morgan fingerprint density at radius 3 is 2.38 bits per heavy atom. The van der Waals surface area contributed by atoms with Crippen LogP contribution in [0.15, 0.2) is 59.6 Å². The number of benzene rings is 2. The number of carboxylic acids is 1. The van der Waals surface area contributed by atoms with Crippen molar-refractivity contribution in [3.8, 4) is 0 Å². The summed E-state index contributed by atoms with van der Waals surface area (Å²) in [5, 5.41) is 13.3. The van der Waals surface area contributed by atoms with Crippen LogP contribution in [-0.2, 0) is 24.3 Å². The summed E-state index contributed by atoms with van der Waals surface area (Å²) >= 11 is 7.15. The number of amidine groups is 1. The number of alkyl halides is 3. The summed E-state index contributed by atoms with van der Waals surface area (Å²) in [7, 11) is 0. The highest BCUT2D eigenvalue weighted by Crippen LogP contribution is 2.31. The number of hydrogen-bond donors (Lipinski definition) is 3. The minimum atomic E-state index is -5.08. The molecule has 0 saturated carbocycles. The van der Waals surface area contributed by atoms with Crippen LogP contribution >= 0.6 is 22.9 Å². The number of carbonyl (C=O) groups excluding carboxylic acids is 2. The molecule has 2 aliphatic rings. The number of amides is 2. The minimum absolute atomic E-state index is 0.0753. The van der Waals surface area contributed by atoms with Crippen molar-refractivity contribution in [3.63, 3.8) is 0 Å². The Hall–Kier alpha value is -3.90. The fourth-order valence-corrected chi connectivity index (χ4v) is 4.95. The number of thiophene rings is 1. The summed E-state index contributed by atoms with van der Waals surface area (Å²) in [6, 6.07) is 17.2. The van der Waals surface area contributed by atoms with Gasteiger partial charge in [-0.15, -0.1) is 11.3 Å². The van der Waals surface area contributed by atoms with Gasteiger partial charge in [0.2, 0.25) is 0 Å². The van der Waals surface area contributed by atoms with Crippen molar-refractivity contribution in [1.29, 1.82) is 0 Å². The van der Waals surface area contributed by atoms with E-state index in [1.54, 1.807) is 23.1 Å². The van der Waals surface area contributed by atoms with Gasteiger partial charge in [0.15, 0.2) is 0 Å². The van der Waals surface area contributed by atoms with Crippen LogP contribution in [0.2, 0.25) is 4.34 Å². The fourth-order valence-electron chi connectivity index (χ4n) is 4.01. The molecule has 0 bridgehead atoms. The first-order valence-electron chi connectivity index (χ1n) is 11.6. The summed E-state index contributed by atoms with van der Waals surface area (Å²) in [5.41, 5.74) is 4.26. The maximum Gasteiger partial charge on any atom is 0.490 e. The predicted octanol–water partition coefficient (Wildman–Crippen LogP) is 4.99. The van der Waals surface area contributed by atoms with Gasteiger partial charge in [0.1, 0.15) is 5.84 Å². The third-order valence-corrected chi connectivity index (χ3v) is 7.04. The largest absolute Gasteiger partial charge is 0.490 e. The van der Waals surface area contributed by atoms with E-state index in [1.807, 2.05) is 12.1 Å². The lowest BCUT2D eigenvalue weighted by Crippen LogP contribution is -2.24. The van der Waals surface area contributed by atoms with Crippen LogP contribution in [0.1, 0.15) is 36.7 Å². The SMILES string of the molecule is O=C(Nc1cccc2c1C(=O)N(Cc1ccc(CC3=NCCN3)cc1)C2)c1ccc(Cl)s1.O=C(O)C(F)(F)F.